The van der Waals surface area contributed by atoms with Crippen LogP contribution in [0.5, 0.6) is 5.75 Å². The monoisotopic (exact) mass is 534 g/mol. The van der Waals surface area contributed by atoms with Crippen molar-refractivity contribution >= 4 is 17.6 Å². The number of rotatable bonds is 12. The molecule has 1 unspecified atom stereocenters. The summed E-state index contributed by atoms with van der Waals surface area (Å²) in [7, 11) is 0. The quantitative estimate of drug-likeness (QED) is 0.216. The fourth-order valence-corrected chi connectivity index (χ4v) is 3.81. The molecule has 0 aliphatic rings. The molecular formula is C29H27ClN2O6. The lowest BCUT2D eigenvalue weighted by Crippen LogP contribution is -2.34. The van der Waals surface area contributed by atoms with E-state index in [4.69, 9.17) is 25.8 Å². The molecule has 196 valence electrons. The zero-order valence-electron chi connectivity index (χ0n) is 20.5. The van der Waals surface area contributed by atoms with Crippen LogP contribution in [0.4, 0.5) is 0 Å². The first-order valence-corrected chi connectivity index (χ1v) is 12.5. The Bertz CT molecular complexity index is 1450. The number of carbonyl (C=O) groups is 1. The third kappa shape index (κ3) is 7.68. The van der Waals surface area contributed by atoms with Gasteiger partial charge in [-0.05, 0) is 35.4 Å². The molecule has 1 heterocycles. The van der Waals surface area contributed by atoms with Gasteiger partial charge in [0.05, 0.1) is 11.4 Å². The van der Waals surface area contributed by atoms with Gasteiger partial charge >= 0.3 is 11.7 Å². The molecule has 0 spiro atoms. The van der Waals surface area contributed by atoms with Crippen LogP contribution in [0.15, 0.2) is 101 Å². The van der Waals surface area contributed by atoms with Gasteiger partial charge in [-0.25, -0.2) is 9.59 Å². The largest absolute Gasteiger partial charge is 0.489 e. The third-order valence-corrected chi connectivity index (χ3v) is 6.00. The SMILES string of the molecule is O=C(OCC(CCl)OCn1cc(Cc2cccc(OCc3ccccc3)c2)c(=O)[nH]c1=O)c1ccccc1. The summed E-state index contributed by atoms with van der Waals surface area (Å²) in [5.41, 5.74) is 1.59. The van der Waals surface area contributed by atoms with Gasteiger partial charge in [-0.1, -0.05) is 60.7 Å². The molecule has 0 radical (unpaired) electrons. The number of H-pyrrole nitrogens is 1. The summed E-state index contributed by atoms with van der Waals surface area (Å²) in [5.74, 6) is 0.222. The van der Waals surface area contributed by atoms with Gasteiger partial charge in [0, 0.05) is 18.2 Å². The van der Waals surface area contributed by atoms with Gasteiger partial charge in [0.1, 0.15) is 31.8 Å². The number of benzene rings is 3. The summed E-state index contributed by atoms with van der Waals surface area (Å²) in [4.78, 5) is 39.3. The lowest BCUT2D eigenvalue weighted by Gasteiger charge is -2.16. The van der Waals surface area contributed by atoms with E-state index in [2.05, 4.69) is 4.98 Å². The Kier molecular flexibility index (Phi) is 9.50. The van der Waals surface area contributed by atoms with E-state index in [1.165, 1.54) is 10.8 Å². The Morgan fingerprint density at radius 3 is 2.37 bits per heavy atom. The van der Waals surface area contributed by atoms with Crippen LogP contribution in [0.3, 0.4) is 0 Å². The van der Waals surface area contributed by atoms with Crippen molar-refractivity contribution in [3.8, 4) is 5.75 Å². The zero-order chi connectivity index (χ0) is 26.7. The molecule has 1 atom stereocenters. The molecular weight excluding hydrogens is 508 g/mol. The van der Waals surface area contributed by atoms with Gasteiger partial charge in [0.15, 0.2) is 0 Å². The van der Waals surface area contributed by atoms with E-state index in [0.717, 1.165) is 11.1 Å². The first kappa shape index (κ1) is 26.9. The highest BCUT2D eigenvalue weighted by Crippen LogP contribution is 2.17. The molecule has 8 nitrogen and oxygen atoms in total. The molecule has 0 aliphatic carbocycles. The summed E-state index contributed by atoms with van der Waals surface area (Å²) in [5, 5.41) is 0. The minimum Gasteiger partial charge on any atom is -0.489 e. The van der Waals surface area contributed by atoms with Gasteiger partial charge in [0.25, 0.3) is 5.56 Å². The number of aromatic nitrogens is 2. The van der Waals surface area contributed by atoms with Crippen LogP contribution < -0.4 is 16.0 Å². The molecule has 0 bridgehead atoms. The van der Waals surface area contributed by atoms with Gasteiger partial charge in [0.2, 0.25) is 0 Å². The first-order chi connectivity index (χ1) is 18.5. The number of carbonyl (C=O) groups excluding carboxylic acids is 1. The van der Waals surface area contributed by atoms with Crippen LogP contribution in [-0.4, -0.2) is 34.1 Å². The van der Waals surface area contributed by atoms with Crippen LogP contribution in [0, 0.1) is 0 Å². The average Bonchev–Trinajstić information content (AvgIpc) is 2.95. The Morgan fingerprint density at radius 2 is 1.63 bits per heavy atom. The highest BCUT2D eigenvalue weighted by atomic mass is 35.5. The van der Waals surface area contributed by atoms with Crippen LogP contribution in [0.2, 0.25) is 0 Å². The summed E-state index contributed by atoms with van der Waals surface area (Å²) >= 11 is 5.97. The van der Waals surface area contributed by atoms with Crippen LogP contribution in [0.1, 0.15) is 27.0 Å². The Hall–Kier alpha value is -4.14. The zero-order valence-corrected chi connectivity index (χ0v) is 21.3. The van der Waals surface area contributed by atoms with Crippen molar-refractivity contribution in [2.75, 3.05) is 12.5 Å². The van der Waals surface area contributed by atoms with E-state index < -0.39 is 23.3 Å². The van der Waals surface area contributed by atoms with Gasteiger partial charge in [-0.15, -0.1) is 11.6 Å². The Labute approximate surface area is 224 Å². The Morgan fingerprint density at radius 1 is 0.921 bits per heavy atom. The number of hydrogen-bond donors (Lipinski definition) is 1. The topological polar surface area (TPSA) is 99.6 Å². The van der Waals surface area contributed by atoms with Gasteiger partial charge in [-0.2, -0.15) is 0 Å². The highest BCUT2D eigenvalue weighted by Gasteiger charge is 2.14. The second-order valence-electron chi connectivity index (χ2n) is 8.52. The second-order valence-corrected chi connectivity index (χ2v) is 8.83. The highest BCUT2D eigenvalue weighted by molar-refractivity contribution is 6.18. The maximum absolute atomic E-state index is 12.5. The molecule has 1 aromatic heterocycles. The molecule has 0 saturated heterocycles. The summed E-state index contributed by atoms with van der Waals surface area (Å²) in [6, 6.07) is 25.8. The van der Waals surface area contributed by atoms with E-state index in [9.17, 15) is 14.4 Å². The molecule has 1 N–H and O–H groups in total. The first-order valence-electron chi connectivity index (χ1n) is 12.0. The third-order valence-electron chi connectivity index (χ3n) is 5.66. The van der Waals surface area contributed by atoms with E-state index in [-0.39, 0.29) is 25.6 Å². The number of alkyl halides is 1. The van der Waals surface area contributed by atoms with E-state index in [0.29, 0.717) is 23.5 Å². The maximum Gasteiger partial charge on any atom is 0.338 e. The molecule has 4 aromatic rings. The van der Waals surface area contributed by atoms with Crippen molar-refractivity contribution in [2.45, 2.75) is 25.9 Å². The Balaban J connectivity index is 1.37. The normalized spacial score (nSPS) is 11.6. The lowest BCUT2D eigenvalue weighted by molar-refractivity contribution is -0.0255. The van der Waals surface area contributed by atoms with Gasteiger partial charge < -0.3 is 14.2 Å². The van der Waals surface area contributed by atoms with Crippen LogP contribution >= 0.6 is 11.6 Å². The van der Waals surface area contributed by atoms with Crippen molar-refractivity contribution in [3.05, 3.63) is 134 Å². The molecule has 0 aliphatic heterocycles. The fourth-order valence-electron chi connectivity index (χ4n) is 3.63. The maximum atomic E-state index is 12.5. The fraction of sp³-hybridized carbons (Fsp3) is 0.207. The number of ether oxygens (including phenoxy) is 3. The molecule has 4 rings (SSSR count). The molecule has 0 fully saturated rings. The van der Waals surface area contributed by atoms with E-state index >= 15 is 0 Å². The molecule has 3 aromatic carbocycles. The predicted octanol–water partition coefficient (Wildman–Crippen LogP) is 4.14. The second kappa shape index (κ2) is 13.4. The molecule has 9 heteroatoms. The number of nitrogens with zero attached hydrogens (tertiary/aromatic N) is 1. The van der Waals surface area contributed by atoms with E-state index in [1.807, 2.05) is 54.6 Å². The van der Waals surface area contributed by atoms with Crippen LogP contribution in [0.25, 0.3) is 0 Å². The standard InChI is InChI=1S/C29H27ClN2O6/c30-16-26(19-37-28(34)23-11-5-2-6-12-23)38-20-32-17-24(27(33)31-29(32)35)14-22-10-7-13-25(15-22)36-18-21-8-3-1-4-9-21/h1-13,15,17,26H,14,16,18-20H2,(H,31,33,35). The number of aromatic amines is 1. The molecule has 0 saturated carbocycles. The van der Waals surface area contributed by atoms with Crippen molar-refractivity contribution in [3.63, 3.8) is 0 Å². The number of hydrogen-bond acceptors (Lipinski definition) is 6. The minimum atomic E-state index is -0.648. The number of halogens is 1. The van der Waals surface area contributed by atoms with Crippen molar-refractivity contribution in [1.29, 1.82) is 0 Å². The summed E-state index contributed by atoms with van der Waals surface area (Å²) in [6.07, 6.45) is 1.09. The number of esters is 1. The van der Waals surface area contributed by atoms with Crippen LogP contribution in [-0.2, 0) is 29.2 Å². The lowest BCUT2D eigenvalue weighted by atomic mass is 10.1. The van der Waals surface area contributed by atoms with Crippen molar-refractivity contribution in [1.82, 2.24) is 9.55 Å². The minimum absolute atomic E-state index is 0.0444. The number of nitrogens with one attached hydrogen (secondary N) is 1. The summed E-state index contributed by atoms with van der Waals surface area (Å²) < 4.78 is 18.1. The molecule has 38 heavy (non-hydrogen) atoms. The predicted molar refractivity (Wildman–Crippen MR) is 144 cm³/mol. The summed E-state index contributed by atoms with van der Waals surface area (Å²) in [6.45, 7) is 0.163. The van der Waals surface area contributed by atoms with Gasteiger partial charge in [-0.3, -0.25) is 14.3 Å². The van der Waals surface area contributed by atoms with Crippen molar-refractivity contribution < 1.29 is 19.0 Å². The molecule has 0 amide bonds. The van der Waals surface area contributed by atoms with E-state index in [1.54, 1.807) is 30.3 Å². The smallest absolute Gasteiger partial charge is 0.338 e. The average molecular weight is 535 g/mol. The van der Waals surface area contributed by atoms with Crippen molar-refractivity contribution in [2.24, 2.45) is 0 Å².